The molecular weight excluding hydrogens is 560 g/mol. The maximum atomic E-state index is 13.9. The Morgan fingerprint density at radius 2 is 1.09 bits per heavy atom. The SMILES string of the molecule is CO[C@H]1C(=O)N(C2C(=O)N(c3ccccc3)[C@@H]2c2ccc(OCc3ccccc3)cc2OCc2ccccc2)C(=O)[C@@H]1OC. The second-order valence-electron chi connectivity index (χ2n) is 10.5. The third-order valence-corrected chi connectivity index (χ3v) is 7.91. The van der Waals surface area contributed by atoms with Gasteiger partial charge in [-0.15, -0.1) is 0 Å². The summed E-state index contributed by atoms with van der Waals surface area (Å²) in [6, 6.07) is 32.2. The number of likely N-dealkylation sites (tertiary alicyclic amines) is 1. The van der Waals surface area contributed by atoms with Gasteiger partial charge in [0.2, 0.25) is 0 Å². The number of carbonyl (C=O) groups excluding carboxylic acids is 3. The molecule has 4 atom stereocenters. The number of amides is 3. The van der Waals surface area contributed by atoms with Crippen molar-refractivity contribution in [1.29, 1.82) is 0 Å². The lowest BCUT2D eigenvalue weighted by Gasteiger charge is -2.50. The van der Waals surface area contributed by atoms with Crippen LogP contribution in [0.1, 0.15) is 22.7 Å². The van der Waals surface area contributed by atoms with Crippen molar-refractivity contribution in [2.24, 2.45) is 0 Å². The van der Waals surface area contributed by atoms with Crippen molar-refractivity contribution in [3.8, 4) is 11.5 Å². The number of anilines is 1. The predicted molar refractivity (Wildman–Crippen MR) is 162 cm³/mol. The highest BCUT2D eigenvalue weighted by Crippen LogP contribution is 2.47. The number of para-hydroxylation sites is 1. The van der Waals surface area contributed by atoms with Gasteiger partial charge in [-0.2, -0.15) is 0 Å². The summed E-state index contributed by atoms with van der Waals surface area (Å²) in [5.74, 6) is -0.590. The van der Waals surface area contributed by atoms with E-state index in [-0.39, 0.29) is 6.61 Å². The van der Waals surface area contributed by atoms with Gasteiger partial charge in [0.05, 0.1) is 6.04 Å². The lowest BCUT2D eigenvalue weighted by atomic mass is 9.85. The van der Waals surface area contributed by atoms with Gasteiger partial charge in [0.1, 0.15) is 30.8 Å². The Balaban J connectivity index is 1.40. The summed E-state index contributed by atoms with van der Waals surface area (Å²) in [6.07, 6.45) is -2.29. The van der Waals surface area contributed by atoms with Crippen LogP contribution in [0.2, 0.25) is 0 Å². The maximum Gasteiger partial charge on any atom is 0.262 e. The molecule has 2 saturated heterocycles. The first-order valence-electron chi connectivity index (χ1n) is 14.3. The van der Waals surface area contributed by atoms with Crippen molar-refractivity contribution >= 4 is 23.4 Å². The van der Waals surface area contributed by atoms with Crippen molar-refractivity contribution in [1.82, 2.24) is 4.90 Å². The highest BCUT2D eigenvalue weighted by molar-refractivity contribution is 6.16. The van der Waals surface area contributed by atoms with Gasteiger partial charge in [-0.25, -0.2) is 0 Å². The molecule has 3 amide bonds. The van der Waals surface area contributed by atoms with Crippen LogP contribution in [0, 0.1) is 0 Å². The number of rotatable bonds is 11. The van der Waals surface area contributed by atoms with Crippen molar-refractivity contribution in [3.05, 3.63) is 126 Å². The van der Waals surface area contributed by atoms with E-state index in [1.54, 1.807) is 17.0 Å². The molecule has 6 rings (SSSR count). The van der Waals surface area contributed by atoms with Crippen LogP contribution in [-0.2, 0) is 37.1 Å². The third-order valence-electron chi connectivity index (χ3n) is 7.91. The summed E-state index contributed by atoms with van der Waals surface area (Å²) in [6.45, 7) is 0.609. The van der Waals surface area contributed by atoms with Crippen molar-refractivity contribution in [2.45, 2.75) is 37.5 Å². The van der Waals surface area contributed by atoms with Gasteiger partial charge >= 0.3 is 0 Å². The summed E-state index contributed by atoms with van der Waals surface area (Å²) < 4.78 is 23.1. The molecule has 1 unspecified atom stereocenters. The van der Waals surface area contributed by atoms with Gasteiger partial charge in [0.25, 0.3) is 17.7 Å². The molecule has 0 saturated carbocycles. The zero-order chi connectivity index (χ0) is 30.6. The van der Waals surface area contributed by atoms with Crippen LogP contribution in [0.5, 0.6) is 11.5 Å². The second kappa shape index (κ2) is 12.7. The number of carbonyl (C=O) groups is 3. The van der Waals surface area contributed by atoms with Crippen LogP contribution in [0.25, 0.3) is 0 Å². The second-order valence-corrected chi connectivity index (χ2v) is 10.5. The largest absolute Gasteiger partial charge is 0.489 e. The van der Waals surface area contributed by atoms with Crippen LogP contribution in [-0.4, -0.2) is 55.1 Å². The van der Waals surface area contributed by atoms with E-state index in [0.29, 0.717) is 29.4 Å². The van der Waals surface area contributed by atoms with Gasteiger partial charge in [-0.1, -0.05) is 78.9 Å². The molecule has 0 N–H and O–H groups in total. The van der Waals surface area contributed by atoms with Gasteiger partial charge in [0.15, 0.2) is 12.2 Å². The Morgan fingerprint density at radius 3 is 1.64 bits per heavy atom. The molecule has 2 aliphatic rings. The fraction of sp³-hybridized carbons (Fsp3) is 0.229. The molecule has 0 aromatic heterocycles. The van der Waals surface area contributed by atoms with Crippen molar-refractivity contribution in [2.75, 3.05) is 19.1 Å². The van der Waals surface area contributed by atoms with E-state index >= 15 is 0 Å². The van der Waals surface area contributed by atoms with E-state index in [1.165, 1.54) is 14.2 Å². The molecule has 4 aromatic rings. The zero-order valence-electron chi connectivity index (χ0n) is 24.4. The molecule has 0 spiro atoms. The summed E-state index contributed by atoms with van der Waals surface area (Å²) in [4.78, 5) is 43.4. The number of benzene rings is 4. The average molecular weight is 593 g/mol. The lowest BCUT2D eigenvalue weighted by Crippen LogP contribution is -2.67. The molecular formula is C35H32N2O7. The topological polar surface area (TPSA) is 94.6 Å². The number of methoxy groups -OCH3 is 2. The molecule has 4 aromatic carbocycles. The molecule has 0 bridgehead atoms. The van der Waals surface area contributed by atoms with Gasteiger partial charge in [-0.05, 0) is 35.4 Å². The first-order chi connectivity index (χ1) is 21.5. The molecule has 0 radical (unpaired) electrons. The van der Waals surface area contributed by atoms with Crippen LogP contribution < -0.4 is 14.4 Å². The highest BCUT2D eigenvalue weighted by Gasteiger charge is 2.61. The molecule has 2 fully saturated rings. The zero-order valence-corrected chi connectivity index (χ0v) is 24.4. The Hall–Kier alpha value is -4.99. The minimum atomic E-state index is -1.14. The smallest absolute Gasteiger partial charge is 0.262 e. The number of ether oxygens (including phenoxy) is 4. The Kier molecular flexibility index (Phi) is 8.40. The average Bonchev–Trinajstić information content (AvgIpc) is 3.30. The minimum Gasteiger partial charge on any atom is -0.489 e. The summed E-state index contributed by atoms with van der Waals surface area (Å²) in [5.41, 5.74) is 3.21. The van der Waals surface area contributed by atoms with Crippen molar-refractivity contribution < 1.29 is 33.3 Å². The first-order valence-corrected chi connectivity index (χ1v) is 14.3. The molecule has 9 nitrogen and oxygen atoms in total. The molecule has 44 heavy (non-hydrogen) atoms. The molecule has 2 aliphatic heterocycles. The van der Waals surface area contributed by atoms with Crippen LogP contribution in [0.15, 0.2) is 109 Å². The van der Waals surface area contributed by atoms with Crippen LogP contribution in [0.3, 0.4) is 0 Å². The number of nitrogens with zero attached hydrogens (tertiary/aromatic N) is 2. The minimum absolute atomic E-state index is 0.256. The Labute approximate surface area is 255 Å². The summed E-state index contributed by atoms with van der Waals surface area (Å²) in [5, 5.41) is 0. The van der Waals surface area contributed by atoms with E-state index in [2.05, 4.69) is 0 Å². The standard InChI is InChI=1S/C35H32N2O7/c1-41-31-32(42-2)35(40)37(34(31)39)30-29(36(33(30)38)25-16-10-5-11-17-25)27-19-18-26(43-21-23-12-6-3-7-13-23)20-28(27)44-22-24-14-8-4-9-15-24/h3-20,29-32H,21-22H2,1-2H3/t29-,30?,31-,32-/m1/s1. The lowest BCUT2D eigenvalue weighted by molar-refractivity contribution is -0.153. The summed E-state index contributed by atoms with van der Waals surface area (Å²) >= 11 is 0. The first kappa shape index (κ1) is 29.1. The van der Waals surface area contributed by atoms with Crippen LogP contribution >= 0.6 is 0 Å². The van der Waals surface area contributed by atoms with E-state index in [9.17, 15) is 14.4 Å². The number of imide groups is 1. The van der Waals surface area contributed by atoms with E-state index in [4.69, 9.17) is 18.9 Å². The van der Waals surface area contributed by atoms with Gasteiger partial charge < -0.3 is 23.8 Å². The maximum absolute atomic E-state index is 13.9. The fourth-order valence-corrected chi connectivity index (χ4v) is 5.73. The molecule has 224 valence electrons. The predicted octanol–water partition coefficient (Wildman–Crippen LogP) is 4.70. The molecule has 9 heteroatoms. The molecule has 0 aliphatic carbocycles. The monoisotopic (exact) mass is 592 g/mol. The highest BCUT2D eigenvalue weighted by atomic mass is 16.5. The van der Waals surface area contributed by atoms with E-state index in [0.717, 1.165) is 16.0 Å². The number of β-lactam (4-membered cyclic amide) rings is 1. The quantitative estimate of drug-likeness (QED) is 0.184. The number of hydrogen-bond donors (Lipinski definition) is 0. The van der Waals surface area contributed by atoms with Gasteiger partial charge in [0, 0.05) is 31.5 Å². The number of hydrogen-bond acceptors (Lipinski definition) is 7. The Morgan fingerprint density at radius 1 is 0.568 bits per heavy atom. The van der Waals surface area contributed by atoms with Gasteiger partial charge in [-0.3, -0.25) is 19.3 Å². The van der Waals surface area contributed by atoms with E-state index < -0.39 is 42.0 Å². The Bertz CT molecular complexity index is 1610. The van der Waals surface area contributed by atoms with Crippen LogP contribution in [0.4, 0.5) is 5.69 Å². The third kappa shape index (κ3) is 5.43. The fourth-order valence-electron chi connectivity index (χ4n) is 5.73. The van der Waals surface area contributed by atoms with Crippen molar-refractivity contribution in [3.63, 3.8) is 0 Å². The molecule has 2 heterocycles. The van der Waals surface area contributed by atoms with E-state index in [1.807, 2.05) is 97.1 Å². The normalized spacial score (nSPS) is 21.4. The summed E-state index contributed by atoms with van der Waals surface area (Å²) in [7, 11) is 2.68.